The van der Waals surface area contributed by atoms with Crippen LogP contribution < -0.4 is 10.6 Å². The van der Waals surface area contributed by atoms with Gasteiger partial charge in [0, 0.05) is 11.1 Å². The van der Waals surface area contributed by atoms with Crippen LogP contribution in [0.25, 0.3) is 22.7 Å². The van der Waals surface area contributed by atoms with Gasteiger partial charge in [-0.2, -0.15) is 5.10 Å². The van der Waals surface area contributed by atoms with Crippen molar-refractivity contribution in [2.75, 3.05) is 13.2 Å². The Bertz CT molecular complexity index is 1240. The van der Waals surface area contributed by atoms with Gasteiger partial charge in [0.25, 0.3) is 18.2 Å². The number of hydrogen-bond acceptors (Lipinski definition) is 7. The second-order valence-corrected chi connectivity index (χ2v) is 8.64. The Morgan fingerprint density at radius 3 is 2.40 bits per heavy atom. The highest BCUT2D eigenvalue weighted by atomic mass is 19.3. The second-order valence-electron chi connectivity index (χ2n) is 8.64. The molecule has 1 atom stereocenters. The molecule has 2 heterocycles. The van der Waals surface area contributed by atoms with Crippen LogP contribution in [0.4, 0.5) is 8.78 Å². The summed E-state index contributed by atoms with van der Waals surface area (Å²) in [5.41, 5.74) is 1.62. The summed E-state index contributed by atoms with van der Waals surface area (Å²) in [5.74, 6) is -1.97. The van der Waals surface area contributed by atoms with Crippen LogP contribution >= 0.6 is 0 Å². The Kier molecular flexibility index (Phi) is 12.9. The molecule has 12 heteroatoms. The Hall–Kier alpha value is -4.09. The first kappa shape index (κ1) is 32.1. The summed E-state index contributed by atoms with van der Waals surface area (Å²) in [6.07, 6.45) is 1.19. The number of rotatable bonds is 10. The average Bonchev–Trinajstić information content (AvgIpc) is 3.44. The zero-order valence-corrected chi connectivity index (χ0v) is 23.4. The maximum atomic E-state index is 13.2. The fraction of sp³-hybridized carbons (Fsp3) is 0.464. The van der Waals surface area contributed by atoms with Gasteiger partial charge < -0.3 is 19.8 Å². The number of nitrogens with zero attached hydrogens (tertiary/aromatic N) is 2. The topological polar surface area (TPSA) is 139 Å². The molecule has 10 nitrogen and oxygen atoms in total. The molecular formula is C28H37F2N5O5. The van der Waals surface area contributed by atoms with E-state index >= 15 is 0 Å². The lowest BCUT2D eigenvalue weighted by atomic mass is 10.1. The molecule has 3 aromatic rings. The Labute approximate surface area is 232 Å². The number of nitrogens with one attached hydrogen (secondary N) is 3. The number of ether oxygens (including phenoxy) is 1. The van der Waals surface area contributed by atoms with Crippen LogP contribution in [0, 0.1) is 5.92 Å². The molecule has 0 saturated heterocycles. The summed E-state index contributed by atoms with van der Waals surface area (Å²) in [4.78, 5) is 40.1. The van der Waals surface area contributed by atoms with E-state index in [2.05, 4.69) is 39.7 Å². The highest BCUT2D eigenvalue weighted by molar-refractivity contribution is 5.94. The molecule has 0 bridgehead atoms. The number of aromatic nitrogens is 3. The molecule has 4 rings (SSSR count). The average molecular weight is 562 g/mol. The van der Waals surface area contributed by atoms with Gasteiger partial charge in [0.15, 0.2) is 0 Å². The van der Waals surface area contributed by atoms with Crippen molar-refractivity contribution in [3.05, 3.63) is 48.0 Å². The van der Waals surface area contributed by atoms with E-state index in [1.54, 1.807) is 31.2 Å². The van der Waals surface area contributed by atoms with Crippen molar-refractivity contribution in [3.63, 3.8) is 0 Å². The van der Waals surface area contributed by atoms with Gasteiger partial charge in [-0.05, 0) is 43.9 Å². The van der Waals surface area contributed by atoms with Gasteiger partial charge in [-0.3, -0.25) is 19.5 Å². The van der Waals surface area contributed by atoms with E-state index in [0.717, 1.165) is 0 Å². The summed E-state index contributed by atoms with van der Waals surface area (Å²) >= 11 is 0. The Morgan fingerprint density at radius 2 is 1.77 bits per heavy atom. The van der Waals surface area contributed by atoms with Crippen molar-refractivity contribution in [1.82, 2.24) is 25.8 Å². The van der Waals surface area contributed by atoms with Crippen LogP contribution in [-0.2, 0) is 9.53 Å². The fourth-order valence-corrected chi connectivity index (χ4v) is 3.43. The first-order chi connectivity index (χ1) is 19.3. The van der Waals surface area contributed by atoms with Crippen LogP contribution in [0.1, 0.15) is 74.9 Å². The highest BCUT2D eigenvalue weighted by Gasteiger charge is 2.38. The largest absolute Gasteiger partial charge is 0.465 e. The van der Waals surface area contributed by atoms with Gasteiger partial charge in [-0.15, -0.1) is 0 Å². The molecule has 218 valence electrons. The number of alkyl halides is 2. The Balaban J connectivity index is 0.00000105. The third kappa shape index (κ3) is 9.28. The fourth-order valence-electron chi connectivity index (χ4n) is 3.43. The minimum absolute atomic E-state index is 0.0633. The van der Waals surface area contributed by atoms with Gasteiger partial charge in [0.1, 0.15) is 12.2 Å². The molecule has 0 spiro atoms. The van der Waals surface area contributed by atoms with E-state index in [1.807, 2.05) is 13.8 Å². The zero-order valence-electron chi connectivity index (χ0n) is 23.4. The third-order valence-corrected chi connectivity index (χ3v) is 5.35. The summed E-state index contributed by atoms with van der Waals surface area (Å²) < 4.78 is 36.7. The molecule has 2 amide bonds. The van der Waals surface area contributed by atoms with Gasteiger partial charge in [-0.25, -0.2) is 13.8 Å². The summed E-state index contributed by atoms with van der Waals surface area (Å²) in [6, 6.07) is 7.14. The minimum atomic E-state index is -2.64. The summed E-state index contributed by atoms with van der Waals surface area (Å²) in [5, 5.41) is 11.5. The number of oxazole rings is 1. The van der Waals surface area contributed by atoms with Crippen molar-refractivity contribution in [2.45, 2.75) is 66.3 Å². The lowest BCUT2D eigenvalue weighted by Gasteiger charge is -2.16. The molecule has 1 aromatic carbocycles. The number of carbonyl (C=O) groups is 3. The molecule has 1 saturated carbocycles. The van der Waals surface area contributed by atoms with E-state index in [1.165, 1.54) is 18.7 Å². The maximum absolute atomic E-state index is 13.2. The molecule has 1 unspecified atom stereocenters. The van der Waals surface area contributed by atoms with E-state index in [4.69, 9.17) is 9.15 Å². The normalized spacial score (nSPS) is 12.8. The minimum Gasteiger partial charge on any atom is -0.465 e. The number of hydrogen-bond donors (Lipinski definition) is 3. The quantitative estimate of drug-likeness (QED) is 0.288. The van der Waals surface area contributed by atoms with Gasteiger partial charge in [-0.1, -0.05) is 46.2 Å². The molecule has 1 fully saturated rings. The second kappa shape index (κ2) is 16.1. The van der Waals surface area contributed by atoms with Crippen molar-refractivity contribution in [2.24, 2.45) is 5.92 Å². The zero-order chi connectivity index (χ0) is 29.7. The van der Waals surface area contributed by atoms with E-state index in [0.29, 0.717) is 29.7 Å². The number of amides is 2. The van der Waals surface area contributed by atoms with Gasteiger partial charge in [0.2, 0.25) is 11.7 Å². The number of benzene rings is 1. The predicted octanol–water partition coefficient (Wildman–Crippen LogP) is 5.24. The van der Waals surface area contributed by atoms with E-state index in [-0.39, 0.29) is 36.4 Å². The van der Waals surface area contributed by atoms with Gasteiger partial charge >= 0.3 is 5.97 Å². The predicted molar refractivity (Wildman–Crippen MR) is 146 cm³/mol. The smallest absolute Gasteiger partial charge is 0.325 e. The maximum Gasteiger partial charge on any atom is 0.325 e. The van der Waals surface area contributed by atoms with Crippen molar-refractivity contribution in [3.8, 4) is 22.7 Å². The van der Waals surface area contributed by atoms with Crippen LogP contribution in [0.5, 0.6) is 0 Å². The van der Waals surface area contributed by atoms with E-state index < -0.39 is 30.3 Å². The lowest BCUT2D eigenvalue weighted by molar-refractivity contribution is -0.141. The molecule has 0 radical (unpaired) electrons. The van der Waals surface area contributed by atoms with Crippen LogP contribution in [-0.4, -0.2) is 58.6 Å². The van der Waals surface area contributed by atoms with Crippen molar-refractivity contribution < 1.29 is 32.3 Å². The van der Waals surface area contributed by atoms with Crippen LogP contribution in [0.3, 0.4) is 0 Å². The number of carbonyl (C=O) groups excluding carboxylic acids is 3. The molecule has 40 heavy (non-hydrogen) atoms. The summed E-state index contributed by atoms with van der Waals surface area (Å²) in [7, 11) is 0. The molecule has 1 aliphatic rings. The number of esters is 1. The first-order valence-corrected chi connectivity index (χ1v) is 13.4. The highest BCUT2D eigenvalue weighted by Crippen LogP contribution is 2.35. The van der Waals surface area contributed by atoms with E-state index in [9.17, 15) is 23.2 Å². The van der Waals surface area contributed by atoms with Gasteiger partial charge in [0.05, 0.1) is 24.5 Å². The first-order valence-electron chi connectivity index (χ1n) is 13.4. The number of halogens is 2. The number of aromatic amines is 1. The van der Waals surface area contributed by atoms with Crippen molar-refractivity contribution >= 4 is 17.8 Å². The van der Waals surface area contributed by atoms with Crippen LogP contribution in [0.2, 0.25) is 0 Å². The summed E-state index contributed by atoms with van der Waals surface area (Å²) in [6.45, 7) is 9.81. The monoisotopic (exact) mass is 561 g/mol. The number of H-pyrrole nitrogens is 1. The molecule has 1 aliphatic carbocycles. The molecular weight excluding hydrogens is 524 g/mol. The molecule has 0 aliphatic heterocycles. The third-order valence-electron chi connectivity index (χ3n) is 5.35. The SMILES string of the molecule is CC.CCC.CCOC(=O)CNC(=O)c1cnc(-c2cccc(-c3cc(C(=O)NC(C(F)F)C4CC4)[nH]n3)c2)o1. The lowest BCUT2D eigenvalue weighted by Crippen LogP contribution is -2.41. The standard InChI is InChI=1S/C23H23F2N5O5.C3H8.C2H6/c1-2-34-18(31)11-26-22(33)17-10-27-23(35-17)14-5-3-4-13(8-14)15-9-16(30-29-15)21(32)28-19(20(24)25)12-6-7-12;1-3-2;1-2/h3-5,8-10,12,19-20H,2,6-7,11H2,1H3,(H,26,33)(H,28,32)(H,29,30);3H2,1-2H3;1-2H3. The molecule has 2 aromatic heterocycles. The molecule has 3 N–H and O–H groups in total. The van der Waals surface area contributed by atoms with Crippen molar-refractivity contribution in [1.29, 1.82) is 0 Å². The Morgan fingerprint density at radius 1 is 1.10 bits per heavy atom. The van der Waals surface area contributed by atoms with Crippen LogP contribution in [0.15, 0.2) is 40.9 Å².